The molecule has 37 heavy (non-hydrogen) atoms. The van der Waals surface area contributed by atoms with Gasteiger partial charge in [0.25, 0.3) is 5.91 Å². The molecule has 0 bridgehead atoms. The number of hydrogen-bond donors (Lipinski definition) is 1. The van der Waals surface area contributed by atoms with Crippen molar-refractivity contribution >= 4 is 23.3 Å². The number of nitriles is 1. The number of hydrogen-bond acceptors (Lipinski definition) is 7. The minimum absolute atomic E-state index is 0.0478. The highest BCUT2D eigenvalue weighted by Crippen LogP contribution is 2.28. The Morgan fingerprint density at radius 2 is 1.86 bits per heavy atom. The van der Waals surface area contributed by atoms with Crippen molar-refractivity contribution in [3.63, 3.8) is 0 Å². The molecule has 1 saturated carbocycles. The Morgan fingerprint density at radius 3 is 2.49 bits per heavy atom. The van der Waals surface area contributed by atoms with Crippen LogP contribution >= 0.6 is 11.6 Å². The molecule has 3 fully saturated rings. The summed E-state index contributed by atoms with van der Waals surface area (Å²) >= 11 is 6.10. The molecule has 196 valence electrons. The molecule has 1 N–H and O–H groups in total. The van der Waals surface area contributed by atoms with Crippen LogP contribution in [0, 0.1) is 17.2 Å². The summed E-state index contributed by atoms with van der Waals surface area (Å²) in [6.07, 6.45) is 5.37. The van der Waals surface area contributed by atoms with E-state index < -0.39 is 0 Å². The number of carbonyl (C=O) groups is 1. The van der Waals surface area contributed by atoms with Crippen LogP contribution < -0.4 is 15.0 Å². The lowest BCUT2D eigenvalue weighted by atomic mass is 9.92. The van der Waals surface area contributed by atoms with Gasteiger partial charge < -0.3 is 15.0 Å². The zero-order valence-electron chi connectivity index (χ0n) is 20.8. The maximum absolute atomic E-state index is 12.7. The fraction of sp³-hybridized carbons (Fsp3) is 0.556. The van der Waals surface area contributed by atoms with E-state index in [4.69, 9.17) is 21.6 Å². The largest absolute Gasteiger partial charge is 0.490 e. The van der Waals surface area contributed by atoms with Crippen LogP contribution in [0.15, 0.2) is 30.3 Å². The van der Waals surface area contributed by atoms with Gasteiger partial charge in [0.15, 0.2) is 11.5 Å². The fourth-order valence-corrected chi connectivity index (χ4v) is 5.73. The molecule has 0 spiro atoms. The van der Waals surface area contributed by atoms with Gasteiger partial charge in [-0.25, -0.2) is 0 Å². The van der Waals surface area contributed by atoms with Crippen LogP contribution in [0.25, 0.3) is 0 Å². The molecule has 3 aliphatic rings. The molecule has 1 aromatic heterocycles. The molecule has 5 rings (SSSR count). The molecule has 2 aliphatic heterocycles. The molecule has 1 aliphatic carbocycles. The molecule has 1 aromatic carbocycles. The second kappa shape index (κ2) is 11.6. The molecule has 0 unspecified atom stereocenters. The molecule has 1 amide bonds. The highest BCUT2D eigenvalue weighted by Gasteiger charge is 2.34. The van der Waals surface area contributed by atoms with E-state index in [9.17, 15) is 9.18 Å². The van der Waals surface area contributed by atoms with Crippen LogP contribution in [-0.2, 0) is 0 Å². The number of halogens is 2. The van der Waals surface area contributed by atoms with Gasteiger partial charge in [-0.05, 0) is 62.8 Å². The SMILES string of the molecule is N#Cc1ccc(OC2CCC(NC(=O)c3ccc(N4CCC(N5CC(CF)C5)CC4)nn3)CC2)cc1Cl. The number of likely N-dealkylation sites (tertiary alicyclic amines) is 1. The first-order valence-corrected chi connectivity index (χ1v) is 13.5. The van der Waals surface area contributed by atoms with Crippen molar-refractivity contribution in [2.75, 3.05) is 37.8 Å². The van der Waals surface area contributed by atoms with Gasteiger partial charge in [0, 0.05) is 50.2 Å². The van der Waals surface area contributed by atoms with Gasteiger partial charge in [-0.2, -0.15) is 5.26 Å². The van der Waals surface area contributed by atoms with Crippen molar-refractivity contribution < 1.29 is 13.9 Å². The number of amides is 1. The van der Waals surface area contributed by atoms with Gasteiger partial charge in [0.2, 0.25) is 0 Å². The van der Waals surface area contributed by atoms with E-state index >= 15 is 0 Å². The molecule has 0 atom stereocenters. The van der Waals surface area contributed by atoms with Gasteiger partial charge in [0.1, 0.15) is 11.8 Å². The monoisotopic (exact) mass is 526 g/mol. The van der Waals surface area contributed by atoms with Crippen LogP contribution in [0.1, 0.15) is 54.6 Å². The van der Waals surface area contributed by atoms with Crippen molar-refractivity contribution in [2.45, 2.75) is 56.7 Å². The molecule has 10 heteroatoms. The highest BCUT2D eigenvalue weighted by atomic mass is 35.5. The smallest absolute Gasteiger partial charge is 0.272 e. The lowest BCUT2D eigenvalue weighted by Crippen LogP contribution is -2.55. The summed E-state index contributed by atoms with van der Waals surface area (Å²) in [7, 11) is 0. The van der Waals surface area contributed by atoms with Crippen LogP contribution in [0.5, 0.6) is 5.75 Å². The van der Waals surface area contributed by atoms with E-state index in [1.54, 1.807) is 24.3 Å². The first kappa shape index (κ1) is 25.7. The average Bonchev–Trinajstić information content (AvgIpc) is 2.90. The van der Waals surface area contributed by atoms with Gasteiger partial charge in [0.05, 0.1) is 23.4 Å². The summed E-state index contributed by atoms with van der Waals surface area (Å²) in [6, 6.07) is 11.4. The summed E-state index contributed by atoms with van der Waals surface area (Å²) in [6.45, 7) is 3.33. The van der Waals surface area contributed by atoms with Crippen LogP contribution in [0.4, 0.5) is 10.2 Å². The van der Waals surface area contributed by atoms with Gasteiger partial charge in [-0.1, -0.05) is 11.6 Å². The maximum atomic E-state index is 12.7. The number of nitrogens with zero attached hydrogens (tertiary/aromatic N) is 5. The Kier molecular flexibility index (Phi) is 8.06. The number of nitrogens with one attached hydrogen (secondary N) is 1. The number of aromatic nitrogens is 2. The van der Waals surface area contributed by atoms with Crippen molar-refractivity contribution in [3.05, 3.63) is 46.6 Å². The van der Waals surface area contributed by atoms with Crippen molar-refractivity contribution in [2.24, 2.45) is 5.92 Å². The number of carbonyl (C=O) groups excluding carboxylic acids is 1. The van der Waals surface area contributed by atoms with E-state index in [0.717, 1.165) is 70.5 Å². The quantitative estimate of drug-likeness (QED) is 0.583. The summed E-state index contributed by atoms with van der Waals surface area (Å²) in [4.78, 5) is 17.3. The molecule has 0 radical (unpaired) electrons. The van der Waals surface area contributed by atoms with Gasteiger partial charge >= 0.3 is 0 Å². The average molecular weight is 527 g/mol. The molecule has 2 aromatic rings. The minimum atomic E-state index is -0.212. The molecular weight excluding hydrogens is 495 g/mol. The Hall–Kier alpha value is -2.96. The second-order valence-corrected chi connectivity index (χ2v) is 10.7. The molecular formula is C27H32ClFN6O2. The topological polar surface area (TPSA) is 94.4 Å². The Morgan fingerprint density at radius 1 is 1.11 bits per heavy atom. The van der Waals surface area contributed by atoms with E-state index in [2.05, 4.69) is 25.3 Å². The third-order valence-corrected chi connectivity index (χ3v) is 8.08. The lowest BCUT2D eigenvalue weighted by molar-refractivity contribution is 0.0290. The molecule has 3 heterocycles. The van der Waals surface area contributed by atoms with Crippen molar-refractivity contribution in [3.8, 4) is 11.8 Å². The summed E-state index contributed by atoms with van der Waals surface area (Å²) in [5.41, 5.74) is 0.749. The first-order chi connectivity index (χ1) is 18.0. The standard InChI is InChI=1S/C27H32ClFN6O2/c28-24-13-23(4-1-19(24)15-30)37-22-5-2-20(3-6-22)31-27(36)25-7-8-26(33-32-25)34-11-9-21(10-12-34)35-16-18(14-29)17-35/h1,4,7-8,13,18,20-22H,2-3,5-6,9-12,14,16-17H2,(H,31,36). The molecule has 8 nitrogen and oxygen atoms in total. The lowest BCUT2D eigenvalue weighted by Gasteiger charge is -2.46. The van der Waals surface area contributed by atoms with E-state index in [1.165, 1.54) is 0 Å². The van der Waals surface area contributed by atoms with Crippen LogP contribution in [0.2, 0.25) is 5.02 Å². The summed E-state index contributed by atoms with van der Waals surface area (Å²) in [5.74, 6) is 1.46. The zero-order valence-corrected chi connectivity index (χ0v) is 21.5. The Labute approximate surface area is 221 Å². The highest BCUT2D eigenvalue weighted by molar-refractivity contribution is 6.31. The van der Waals surface area contributed by atoms with E-state index in [0.29, 0.717) is 28.1 Å². The zero-order chi connectivity index (χ0) is 25.8. The summed E-state index contributed by atoms with van der Waals surface area (Å²) in [5, 5.41) is 21.0. The molecule has 2 saturated heterocycles. The third-order valence-electron chi connectivity index (χ3n) is 7.76. The number of anilines is 1. The Bertz CT molecular complexity index is 1120. The second-order valence-electron chi connectivity index (χ2n) is 10.3. The van der Waals surface area contributed by atoms with Crippen LogP contribution in [0.3, 0.4) is 0 Å². The maximum Gasteiger partial charge on any atom is 0.272 e. The first-order valence-electron chi connectivity index (χ1n) is 13.1. The van der Waals surface area contributed by atoms with Gasteiger partial charge in [-0.3, -0.25) is 14.1 Å². The number of piperidine rings is 1. The predicted octanol–water partition coefficient (Wildman–Crippen LogP) is 3.99. The third kappa shape index (κ3) is 6.13. The van der Waals surface area contributed by atoms with Crippen molar-refractivity contribution in [1.29, 1.82) is 5.26 Å². The van der Waals surface area contributed by atoms with Crippen molar-refractivity contribution in [1.82, 2.24) is 20.4 Å². The summed E-state index contributed by atoms with van der Waals surface area (Å²) < 4.78 is 18.7. The Balaban J connectivity index is 1.05. The number of benzene rings is 1. The van der Waals surface area contributed by atoms with E-state index in [1.807, 2.05) is 12.1 Å². The number of alkyl halides is 1. The fourth-order valence-electron chi connectivity index (χ4n) is 5.52. The predicted molar refractivity (Wildman–Crippen MR) is 139 cm³/mol. The normalized spacial score (nSPS) is 23.2. The number of rotatable bonds is 7. The van der Waals surface area contributed by atoms with E-state index in [-0.39, 0.29) is 30.6 Å². The van der Waals surface area contributed by atoms with Gasteiger partial charge in [-0.15, -0.1) is 10.2 Å². The minimum Gasteiger partial charge on any atom is -0.490 e. The number of ether oxygens (including phenoxy) is 1. The van der Waals surface area contributed by atoms with Crippen LogP contribution in [-0.4, -0.2) is 72.0 Å².